The van der Waals surface area contributed by atoms with Gasteiger partial charge in [-0.15, -0.1) is 0 Å². The van der Waals surface area contributed by atoms with Crippen LogP contribution in [0.2, 0.25) is 0 Å². The number of hydrogen-bond donors (Lipinski definition) is 0. The molecule has 0 heterocycles. The molecule has 0 bridgehead atoms. The predicted molar refractivity (Wildman–Crippen MR) is 63.8 cm³/mol. The van der Waals surface area contributed by atoms with Crippen LogP contribution in [0.5, 0.6) is 0 Å². The highest BCUT2D eigenvalue weighted by Crippen LogP contribution is 2.13. The summed E-state index contributed by atoms with van der Waals surface area (Å²) in [7, 11) is 0. The second kappa shape index (κ2) is 10.0. The zero-order chi connectivity index (χ0) is 11.5. The highest BCUT2D eigenvalue weighted by molar-refractivity contribution is 5.71. The Morgan fingerprint density at radius 1 is 1.07 bits per heavy atom. The Bertz CT molecular complexity index is 155. The molecule has 0 spiro atoms. The molecule has 1 atom stereocenters. The lowest BCUT2D eigenvalue weighted by molar-refractivity contribution is -0.147. The summed E-state index contributed by atoms with van der Waals surface area (Å²) in [6.07, 6.45) is 8.67. The molecule has 90 valence electrons. The number of hydrogen-bond acceptors (Lipinski definition) is 2. The van der Waals surface area contributed by atoms with E-state index in [1.54, 1.807) is 0 Å². The molecule has 0 aromatic carbocycles. The molecule has 15 heavy (non-hydrogen) atoms. The van der Waals surface area contributed by atoms with Gasteiger partial charge in [-0.1, -0.05) is 52.4 Å². The van der Waals surface area contributed by atoms with Gasteiger partial charge in [0.05, 0.1) is 12.5 Å². The number of rotatable bonds is 9. The molecule has 0 rings (SSSR count). The summed E-state index contributed by atoms with van der Waals surface area (Å²) < 4.78 is 4.96. The van der Waals surface area contributed by atoms with Crippen LogP contribution >= 0.6 is 0 Å². The Hall–Kier alpha value is -0.530. The molecule has 0 fully saturated rings. The van der Waals surface area contributed by atoms with E-state index in [0.717, 1.165) is 12.8 Å². The summed E-state index contributed by atoms with van der Waals surface area (Å²) in [6.45, 7) is 6.54. The normalized spacial score (nSPS) is 12.5. The molecule has 1 unspecified atom stereocenters. The molecule has 0 saturated heterocycles. The van der Waals surface area contributed by atoms with Crippen molar-refractivity contribution in [3.8, 4) is 0 Å². The highest BCUT2D eigenvalue weighted by atomic mass is 16.5. The smallest absolute Gasteiger partial charge is 0.308 e. The van der Waals surface area contributed by atoms with Crippen LogP contribution in [0.3, 0.4) is 0 Å². The minimum atomic E-state index is -0.0361. The van der Waals surface area contributed by atoms with Crippen LogP contribution in [0.25, 0.3) is 0 Å². The number of esters is 1. The number of carbonyl (C=O) groups excluding carboxylic acids is 1. The van der Waals surface area contributed by atoms with Gasteiger partial charge in [0.2, 0.25) is 0 Å². The summed E-state index contributed by atoms with van der Waals surface area (Å²) in [5, 5.41) is 0. The Morgan fingerprint density at radius 2 is 1.67 bits per heavy atom. The average molecular weight is 214 g/mol. The van der Waals surface area contributed by atoms with E-state index in [9.17, 15) is 4.79 Å². The standard InChI is InChI=1S/C13H26O2/c1-4-6-7-8-9-10-11-12(3)13(14)15-5-2/h12H,4-11H2,1-3H3. The maximum Gasteiger partial charge on any atom is 0.308 e. The lowest BCUT2D eigenvalue weighted by atomic mass is 10.0. The summed E-state index contributed by atoms with van der Waals surface area (Å²) in [6, 6.07) is 0. The van der Waals surface area contributed by atoms with Gasteiger partial charge < -0.3 is 4.74 Å². The van der Waals surface area contributed by atoms with Crippen molar-refractivity contribution in [2.75, 3.05) is 6.61 Å². The third-order valence-corrected chi connectivity index (χ3v) is 2.68. The minimum Gasteiger partial charge on any atom is -0.466 e. The van der Waals surface area contributed by atoms with Crippen molar-refractivity contribution < 1.29 is 9.53 Å². The maximum absolute atomic E-state index is 11.3. The minimum absolute atomic E-state index is 0.0361. The lowest BCUT2D eigenvalue weighted by Gasteiger charge is -2.09. The zero-order valence-corrected chi connectivity index (χ0v) is 10.6. The van der Waals surface area contributed by atoms with Crippen LogP contribution in [-0.2, 0) is 9.53 Å². The zero-order valence-electron chi connectivity index (χ0n) is 10.6. The summed E-state index contributed by atoms with van der Waals surface area (Å²) >= 11 is 0. The number of carbonyl (C=O) groups is 1. The Morgan fingerprint density at radius 3 is 2.27 bits per heavy atom. The van der Waals surface area contributed by atoms with Gasteiger partial charge >= 0.3 is 5.97 Å². The van der Waals surface area contributed by atoms with Gasteiger partial charge in [-0.3, -0.25) is 4.79 Å². The van der Waals surface area contributed by atoms with Gasteiger partial charge in [0, 0.05) is 0 Å². The lowest BCUT2D eigenvalue weighted by Crippen LogP contribution is -2.14. The molecule has 0 aliphatic rings. The molecule has 2 nitrogen and oxygen atoms in total. The SMILES string of the molecule is CCCCCCCCC(C)C(=O)OCC. The van der Waals surface area contributed by atoms with E-state index < -0.39 is 0 Å². The van der Waals surface area contributed by atoms with Crippen LogP contribution in [0.1, 0.15) is 65.7 Å². The Kier molecular flexibility index (Phi) is 9.65. The van der Waals surface area contributed by atoms with Crippen molar-refractivity contribution in [2.24, 2.45) is 5.92 Å². The van der Waals surface area contributed by atoms with Crippen LogP contribution in [0.15, 0.2) is 0 Å². The van der Waals surface area contributed by atoms with Crippen molar-refractivity contribution in [3.63, 3.8) is 0 Å². The van der Waals surface area contributed by atoms with Crippen LogP contribution in [-0.4, -0.2) is 12.6 Å². The highest BCUT2D eigenvalue weighted by Gasteiger charge is 2.12. The Balaban J connectivity index is 3.30. The monoisotopic (exact) mass is 214 g/mol. The fourth-order valence-corrected chi connectivity index (χ4v) is 1.63. The van der Waals surface area contributed by atoms with E-state index in [1.165, 1.54) is 32.1 Å². The van der Waals surface area contributed by atoms with Crippen LogP contribution in [0.4, 0.5) is 0 Å². The molecular weight excluding hydrogens is 188 g/mol. The molecule has 0 aliphatic heterocycles. The predicted octanol–water partition coefficient (Wildman–Crippen LogP) is 3.94. The topological polar surface area (TPSA) is 26.3 Å². The first kappa shape index (κ1) is 14.5. The fourth-order valence-electron chi connectivity index (χ4n) is 1.63. The van der Waals surface area contributed by atoms with Gasteiger partial charge in [-0.2, -0.15) is 0 Å². The van der Waals surface area contributed by atoms with Gasteiger partial charge in [-0.25, -0.2) is 0 Å². The third-order valence-electron chi connectivity index (χ3n) is 2.68. The van der Waals surface area contributed by atoms with E-state index in [4.69, 9.17) is 4.74 Å². The fraction of sp³-hybridized carbons (Fsp3) is 0.923. The number of unbranched alkanes of at least 4 members (excludes halogenated alkanes) is 5. The van der Waals surface area contributed by atoms with Gasteiger partial charge in [0.1, 0.15) is 0 Å². The molecule has 0 N–H and O–H groups in total. The number of ether oxygens (including phenoxy) is 1. The van der Waals surface area contributed by atoms with E-state index in [0.29, 0.717) is 6.61 Å². The second-order valence-corrected chi connectivity index (χ2v) is 4.21. The van der Waals surface area contributed by atoms with E-state index >= 15 is 0 Å². The first-order valence-electron chi connectivity index (χ1n) is 6.39. The molecule has 0 saturated carbocycles. The van der Waals surface area contributed by atoms with E-state index in [2.05, 4.69) is 6.92 Å². The van der Waals surface area contributed by atoms with E-state index in [-0.39, 0.29) is 11.9 Å². The van der Waals surface area contributed by atoms with Crippen molar-refractivity contribution in [1.82, 2.24) is 0 Å². The summed E-state index contributed by atoms with van der Waals surface area (Å²) in [4.78, 5) is 11.3. The van der Waals surface area contributed by atoms with Gasteiger partial charge in [0.25, 0.3) is 0 Å². The largest absolute Gasteiger partial charge is 0.466 e. The first-order valence-corrected chi connectivity index (χ1v) is 6.39. The summed E-state index contributed by atoms with van der Waals surface area (Å²) in [5.74, 6) is 0.0437. The summed E-state index contributed by atoms with van der Waals surface area (Å²) in [5.41, 5.74) is 0. The molecule has 2 heteroatoms. The van der Waals surface area contributed by atoms with Crippen molar-refractivity contribution in [1.29, 1.82) is 0 Å². The first-order chi connectivity index (χ1) is 7.22. The quantitative estimate of drug-likeness (QED) is 0.429. The molecule has 0 radical (unpaired) electrons. The van der Waals surface area contributed by atoms with E-state index in [1.807, 2.05) is 13.8 Å². The second-order valence-electron chi connectivity index (χ2n) is 4.21. The molecule has 0 aromatic rings. The third kappa shape index (κ3) is 8.46. The van der Waals surface area contributed by atoms with Gasteiger partial charge in [0.15, 0.2) is 0 Å². The van der Waals surface area contributed by atoms with Crippen molar-refractivity contribution in [2.45, 2.75) is 65.7 Å². The molecule has 0 aliphatic carbocycles. The molecule has 0 aromatic heterocycles. The van der Waals surface area contributed by atoms with Crippen LogP contribution < -0.4 is 0 Å². The van der Waals surface area contributed by atoms with Crippen molar-refractivity contribution >= 4 is 5.97 Å². The van der Waals surface area contributed by atoms with Crippen molar-refractivity contribution in [3.05, 3.63) is 0 Å². The van der Waals surface area contributed by atoms with Gasteiger partial charge in [-0.05, 0) is 13.3 Å². The maximum atomic E-state index is 11.3. The molecular formula is C13H26O2. The Labute approximate surface area is 94.4 Å². The van der Waals surface area contributed by atoms with Crippen LogP contribution in [0, 0.1) is 5.92 Å². The average Bonchev–Trinajstić information content (AvgIpc) is 2.23. The molecule has 0 amide bonds.